The maximum atomic E-state index is 2.70. The first kappa shape index (κ1) is 10.9. The molecule has 76 valence electrons. The van der Waals surface area contributed by atoms with E-state index in [1.165, 1.54) is 51.4 Å². The summed E-state index contributed by atoms with van der Waals surface area (Å²) in [7, 11) is 0. The summed E-state index contributed by atoms with van der Waals surface area (Å²) in [6.45, 7) is 0. The van der Waals surface area contributed by atoms with Crippen LogP contribution in [0.4, 0.5) is 0 Å². The van der Waals surface area contributed by atoms with Crippen molar-refractivity contribution in [3.05, 3.63) is 0 Å². The summed E-state index contributed by atoms with van der Waals surface area (Å²) in [5.41, 5.74) is 0. The van der Waals surface area contributed by atoms with Crippen LogP contribution in [-0.4, -0.2) is 12.7 Å². The van der Waals surface area contributed by atoms with Crippen molar-refractivity contribution in [1.82, 2.24) is 3.11 Å². The highest BCUT2D eigenvalue weighted by molar-refractivity contribution is 14.1. The normalized spacial score (nSPS) is 28.8. The number of halogens is 2. The van der Waals surface area contributed by atoms with Crippen molar-refractivity contribution in [2.24, 2.45) is 0 Å². The molecule has 0 radical (unpaired) electrons. The van der Waals surface area contributed by atoms with Crippen LogP contribution in [0.15, 0.2) is 0 Å². The minimum atomic E-state index is 0.507. The second-order valence-corrected chi connectivity index (χ2v) is 7.42. The van der Waals surface area contributed by atoms with Gasteiger partial charge in [-0.3, -0.25) is 0 Å². The molecule has 0 heterocycles. The van der Waals surface area contributed by atoms with Crippen molar-refractivity contribution in [3.8, 4) is 0 Å². The van der Waals surface area contributed by atoms with E-state index < -0.39 is 0 Å². The highest BCUT2D eigenvalue weighted by Crippen LogP contribution is 2.46. The Labute approximate surface area is 109 Å². The van der Waals surface area contributed by atoms with E-state index in [9.17, 15) is 0 Å². The Hall–Kier alpha value is 1.42. The molecule has 0 unspecified atom stereocenters. The SMILES string of the molecule is IN(C1CCCC1)C1(I)CCCC1. The first-order chi connectivity index (χ1) is 6.22. The van der Waals surface area contributed by atoms with Gasteiger partial charge < -0.3 is 0 Å². The molecule has 1 nitrogen and oxygen atoms in total. The Bertz CT molecular complexity index is 172. The van der Waals surface area contributed by atoms with Crippen LogP contribution in [0, 0.1) is 0 Å². The zero-order valence-electron chi connectivity index (χ0n) is 7.94. The number of rotatable bonds is 2. The van der Waals surface area contributed by atoms with Gasteiger partial charge in [0, 0.05) is 28.9 Å². The third-order valence-electron chi connectivity index (χ3n) is 3.40. The summed E-state index contributed by atoms with van der Waals surface area (Å²) < 4.78 is 3.17. The van der Waals surface area contributed by atoms with E-state index in [0.29, 0.717) is 3.55 Å². The van der Waals surface area contributed by atoms with Gasteiger partial charge in [0.05, 0.1) is 3.55 Å². The molecule has 0 atom stereocenters. The van der Waals surface area contributed by atoms with E-state index in [1.54, 1.807) is 0 Å². The Morgan fingerprint density at radius 2 is 1.54 bits per heavy atom. The largest absolute Gasteiger partial charge is 0.229 e. The molecule has 2 fully saturated rings. The summed E-state index contributed by atoms with van der Waals surface area (Å²) in [5.74, 6) is 0. The van der Waals surface area contributed by atoms with Crippen LogP contribution in [0.3, 0.4) is 0 Å². The summed E-state index contributed by atoms with van der Waals surface area (Å²) in [6.07, 6.45) is 11.5. The van der Waals surface area contributed by atoms with Crippen LogP contribution in [-0.2, 0) is 0 Å². The van der Waals surface area contributed by atoms with Gasteiger partial charge in [-0.05, 0) is 25.7 Å². The third-order valence-corrected chi connectivity index (χ3v) is 7.63. The Morgan fingerprint density at radius 1 is 1.00 bits per heavy atom. The van der Waals surface area contributed by atoms with Gasteiger partial charge in [0.1, 0.15) is 0 Å². The summed E-state index contributed by atoms with van der Waals surface area (Å²) in [6, 6.07) is 0.885. The number of hydrogen-bond acceptors (Lipinski definition) is 1. The average Bonchev–Trinajstić information content (AvgIpc) is 2.73. The maximum Gasteiger partial charge on any atom is 0.0821 e. The van der Waals surface area contributed by atoms with E-state index in [4.69, 9.17) is 0 Å². The van der Waals surface area contributed by atoms with E-state index in [2.05, 4.69) is 48.6 Å². The Balaban J connectivity index is 1.97. The molecular formula is C10H17I2N. The van der Waals surface area contributed by atoms with Crippen LogP contribution >= 0.6 is 45.5 Å². The smallest absolute Gasteiger partial charge is 0.0821 e. The highest BCUT2D eigenvalue weighted by atomic mass is 127. The lowest BCUT2D eigenvalue weighted by molar-refractivity contribution is 0.290. The van der Waals surface area contributed by atoms with Crippen LogP contribution in [0.2, 0.25) is 0 Å². The Morgan fingerprint density at radius 3 is 2.08 bits per heavy atom. The zero-order chi connectivity index (χ0) is 9.31. The van der Waals surface area contributed by atoms with Crippen molar-refractivity contribution in [1.29, 1.82) is 0 Å². The van der Waals surface area contributed by atoms with Gasteiger partial charge >= 0.3 is 0 Å². The fourth-order valence-electron chi connectivity index (χ4n) is 2.59. The van der Waals surface area contributed by atoms with Gasteiger partial charge in [-0.25, -0.2) is 3.11 Å². The fourth-order valence-corrected chi connectivity index (χ4v) is 4.78. The van der Waals surface area contributed by atoms with Gasteiger partial charge in [0.2, 0.25) is 0 Å². The molecule has 0 N–H and O–H groups in total. The van der Waals surface area contributed by atoms with Crippen molar-refractivity contribution < 1.29 is 0 Å². The molecule has 0 aromatic rings. The minimum Gasteiger partial charge on any atom is -0.229 e. The highest BCUT2D eigenvalue weighted by Gasteiger charge is 2.39. The molecule has 0 spiro atoms. The fraction of sp³-hybridized carbons (Fsp3) is 1.00. The lowest BCUT2D eigenvalue weighted by Gasteiger charge is -2.35. The molecule has 2 aliphatic carbocycles. The number of alkyl halides is 1. The van der Waals surface area contributed by atoms with E-state index in [-0.39, 0.29) is 0 Å². The van der Waals surface area contributed by atoms with E-state index in [1.807, 2.05) is 0 Å². The summed E-state index contributed by atoms with van der Waals surface area (Å²) >= 11 is 5.29. The van der Waals surface area contributed by atoms with Crippen LogP contribution in [0.5, 0.6) is 0 Å². The molecule has 13 heavy (non-hydrogen) atoms. The quantitative estimate of drug-likeness (QED) is 0.287. The van der Waals surface area contributed by atoms with E-state index >= 15 is 0 Å². The molecule has 2 saturated carbocycles. The first-order valence-electron chi connectivity index (χ1n) is 5.36. The third kappa shape index (κ3) is 2.33. The molecule has 0 saturated heterocycles. The predicted molar refractivity (Wildman–Crippen MR) is 73.3 cm³/mol. The summed E-state index contributed by atoms with van der Waals surface area (Å²) in [5, 5.41) is 0. The van der Waals surface area contributed by atoms with Crippen molar-refractivity contribution in [3.63, 3.8) is 0 Å². The first-order valence-corrected chi connectivity index (χ1v) is 7.41. The van der Waals surface area contributed by atoms with Crippen molar-refractivity contribution in [2.75, 3.05) is 0 Å². The van der Waals surface area contributed by atoms with Gasteiger partial charge in [0.15, 0.2) is 0 Å². The number of nitrogens with zero attached hydrogens (tertiary/aromatic N) is 1. The van der Waals surface area contributed by atoms with Gasteiger partial charge in [-0.2, -0.15) is 0 Å². The molecule has 0 bridgehead atoms. The predicted octanol–water partition coefficient (Wildman–Crippen LogP) is 4.29. The molecular weight excluding hydrogens is 388 g/mol. The molecule has 0 aromatic carbocycles. The van der Waals surface area contributed by atoms with Crippen LogP contribution < -0.4 is 0 Å². The minimum absolute atomic E-state index is 0.507. The standard InChI is InChI=1S/C10H17I2N/c11-10(7-3-4-8-10)13(12)9-5-1-2-6-9/h9H,1-8H2. The molecule has 2 rings (SSSR count). The van der Waals surface area contributed by atoms with Gasteiger partial charge in [0.25, 0.3) is 0 Å². The summed E-state index contributed by atoms with van der Waals surface area (Å²) in [4.78, 5) is 0. The molecule has 0 amide bonds. The topological polar surface area (TPSA) is 3.24 Å². The lowest BCUT2D eigenvalue weighted by atomic mass is 10.2. The maximum absolute atomic E-state index is 2.70. The van der Waals surface area contributed by atoms with Crippen molar-refractivity contribution >= 4 is 45.5 Å². The monoisotopic (exact) mass is 405 g/mol. The molecule has 3 heteroatoms. The molecule has 0 aliphatic heterocycles. The Kier molecular flexibility index (Phi) is 3.79. The van der Waals surface area contributed by atoms with E-state index in [0.717, 1.165) is 6.04 Å². The lowest BCUT2D eigenvalue weighted by Crippen LogP contribution is -2.39. The second kappa shape index (κ2) is 4.51. The van der Waals surface area contributed by atoms with Crippen LogP contribution in [0.1, 0.15) is 51.4 Å². The second-order valence-electron chi connectivity index (χ2n) is 4.37. The average molecular weight is 405 g/mol. The molecule has 2 aliphatic rings. The van der Waals surface area contributed by atoms with Gasteiger partial charge in [-0.1, -0.05) is 48.3 Å². The van der Waals surface area contributed by atoms with Crippen LogP contribution in [0.25, 0.3) is 0 Å². The zero-order valence-corrected chi connectivity index (χ0v) is 12.3. The van der Waals surface area contributed by atoms with Crippen molar-refractivity contribution in [2.45, 2.75) is 61.0 Å². The molecule has 0 aromatic heterocycles. The van der Waals surface area contributed by atoms with Gasteiger partial charge in [-0.15, -0.1) is 0 Å². The number of hydrogen-bond donors (Lipinski definition) is 0.